The van der Waals surface area contributed by atoms with Gasteiger partial charge in [-0.15, -0.1) is 11.3 Å². The van der Waals surface area contributed by atoms with Crippen molar-refractivity contribution in [1.82, 2.24) is 5.32 Å². The zero-order valence-corrected chi connectivity index (χ0v) is 12.4. The predicted molar refractivity (Wildman–Crippen MR) is 80.9 cm³/mol. The summed E-state index contributed by atoms with van der Waals surface area (Å²) in [6, 6.07) is 9.50. The second-order valence-corrected chi connectivity index (χ2v) is 5.73. The zero-order valence-electron chi connectivity index (χ0n) is 10.8. The van der Waals surface area contributed by atoms with Crippen molar-refractivity contribution in [3.05, 3.63) is 56.7 Å². The molecule has 100 valence electrons. The molecule has 4 heteroatoms. The maximum Gasteiger partial charge on any atom is 0.252 e. The van der Waals surface area contributed by atoms with Gasteiger partial charge in [-0.1, -0.05) is 43.1 Å². The van der Waals surface area contributed by atoms with E-state index in [1.165, 1.54) is 4.88 Å². The Kier molecular flexibility index (Phi) is 5.00. The third-order valence-corrected chi connectivity index (χ3v) is 4.17. The second kappa shape index (κ2) is 6.73. The number of benzene rings is 1. The van der Waals surface area contributed by atoms with Crippen LogP contribution in [0.4, 0.5) is 0 Å². The van der Waals surface area contributed by atoms with E-state index in [4.69, 9.17) is 11.6 Å². The number of nitrogens with one attached hydrogen (secondary N) is 1. The van der Waals surface area contributed by atoms with Gasteiger partial charge < -0.3 is 5.32 Å². The molecule has 1 N–H and O–H groups in total. The molecule has 0 radical (unpaired) electrons. The summed E-state index contributed by atoms with van der Waals surface area (Å²) in [4.78, 5) is 13.3. The Morgan fingerprint density at radius 2 is 2.16 bits per heavy atom. The van der Waals surface area contributed by atoms with Gasteiger partial charge in [0, 0.05) is 21.8 Å². The van der Waals surface area contributed by atoms with Gasteiger partial charge in [0.15, 0.2) is 0 Å². The summed E-state index contributed by atoms with van der Waals surface area (Å²) in [6.07, 6.45) is 2.13. The van der Waals surface area contributed by atoms with Gasteiger partial charge in [0.2, 0.25) is 0 Å². The monoisotopic (exact) mass is 293 g/mol. The van der Waals surface area contributed by atoms with Crippen LogP contribution in [0.2, 0.25) is 5.02 Å². The molecule has 1 amide bonds. The Balaban J connectivity index is 1.95. The van der Waals surface area contributed by atoms with E-state index in [-0.39, 0.29) is 5.91 Å². The number of rotatable bonds is 5. The first-order chi connectivity index (χ1) is 9.20. The van der Waals surface area contributed by atoms with Crippen LogP contribution in [0.25, 0.3) is 0 Å². The van der Waals surface area contributed by atoms with Crippen LogP contribution in [0.5, 0.6) is 0 Å². The second-order valence-electron chi connectivity index (χ2n) is 4.33. The van der Waals surface area contributed by atoms with Crippen LogP contribution in [0.1, 0.15) is 34.1 Å². The fourth-order valence-electron chi connectivity index (χ4n) is 1.80. The Bertz CT molecular complexity index is 565. The molecule has 0 fully saturated rings. The fraction of sp³-hybridized carbons (Fsp3) is 0.267. The van der Waals surface area contributed by atoms with Gasteiger partial charge in [0.25, 0.3) is 5.91 Å². The van der Waals surface area contributed by atoms with Crippen molar-refractivity contribution < 1.29 is 4.79 Å². The van der Waals surface area contributed by atoms with E-state index in [0.717, 1.165) is 24.0 Å². The number of hydrogen-bond donors (Lipinski definition) is 1. The van der Waals surface area contributed by atoms with Gasteiger partial charge in [0.1, 0.15) is 0 Å². The lowest BCUT2D eigenvalue weighted by molar-refractivity contribution is 0.0951. The predicted octanol–water partition coefficient (Wildman–Crippen LogP) is 4.28. The zero-order chi connectivity index (χ0) is 13.7. The molecule has 2 nitrogen and oxygen atoms in total. The molecule has 0 spiro atoms. The molecule has 0 saturated carbocycles. The summed E-state index contributed by atoms with van der Waals surface area (Å²) in [5.74, 6) is -0.0430. The van der Waals surface area contributed by atoms with Crippen LogP contribution in [-0.2, 0) is 13.0 Å². The largest absolute Gasteiger partial charge is 0.348 e. The van der Waals surface area contributed by atoms with Gasteiger partial charge in [-0.25, -0.2) is 0 Å². The Labute approximate surface area is 122 Å². The van der Waals surface area contributed by atoms with Crippen LogP contribution in [0.3, 0.4) is 0 Å². The van der Waals surface area contributed by atoms with E-state index in [1.807, 2.05) is 35.7 Å². The van der Waals surface area contributed by atoms with Crippen LogP contribution >= 0.6 is 22.9 Å². The van der Waals surface area contributed by atoms with Crippen molar-refractivity contribution in [2.45, 2.75) is 26.3 Å². The number of hydrogen-bond acceptors (Lipinski definition) is 2. The maximum atomic E-state index is 12.0. The highest BCUT2D eigenvalue weighted by Gasteiger charge is 2.08. The molecule has 1 aromatic carbocycles. The number of amides is 1. The molecule has 0 saturated heterocycles. The average Bonchev–Trinajstić information content (AvgIpc) is 2.87. The molecule has 0 unspecified atom stereocenters. The Morgan fingerprint density at radius 3 is 2.89 bits per heavy atom. The minimum absolute atomic E-state index is 0.0430. The highest BCUT2D eigenvalue weighted by molar-refractivity contribution is 7.10. The number of halogens is 1. The number of carbonyl (C=O) groups excluding carboxylic acids is 1. The van der Waals surface area contributed by atoms with E-state index in [9.17, 15) is 4.79 Å². The molecule has 19 heavy (non-hydrogen) atoms. The normalized spacial score (nSPS) is 10.4. The standard InChI is InChI=1S/C15H16ClNOS/c1-2-5-13-8-12(10-19-13)15(18)17-9-11-6-3-4-7-14(11)16/h3-4,6-8,10H,2,5,9H2,1H3,(H,17,18). The highest BCUT2D eigenvalue weighted by Crippen LogP contribution is 2.17. The molecule has 0 aliphatic heterocycles. The van der Waals surface area contributed by atoms with Crippen molar-refractivity contribution in [3.63, 3.8) is 0 Å². The summed E-state index contributed by atoms with van der Waals surface area (Å²) < 4.78 is 0. The molecule has 0 atom stereocenters. The summed E-state index contributed by atoms with van der Waals surface area (Å²) in [5.41, 5.74) is 1.67. The third-order valence-electron chi connectivity index (χ3n) is 2.81. The van der Waals surface area contributed by atoms with E-state index in [2.05, 4.69) is 12.2 Å². The van der Waals surface area contributed by atoms with E-state index >= 15 is 0 Å². The van der Waals surface area contributed by atoms with Crippen molar-refractivity contribution in [2.75, 3.05) is 0 Å². The van der Waals surface area contributed by atoms with E-state index in [0.29, 0.717) is 11.6 Å². The van der Waals surface area contributed by atoms with Crippen molar-refractivity contribution in [2.24, 2.45) is 0 Å². The van der Waals surface area contributed by atoms with Crippen LogP contribution in [-0.4, -0.2) is 5.91 Å². The lowest BCUT2D eigenvalue weighted by Crippen LogP contribution is -2.22. The quantitative estimate of drug-likeness (QED) is 0.876. The van der Waals surface area contributed by atoms with Gasteiger partial charge in [-0.2, -0.15) is 0 Å². The van der Waals surface area contributed by atoms with Crippen molar-refractivity contribution in [3.8, 4) is 0 Å². The first-order valence-corrected chi connectivity index (χ1v) is 7.55. The van der Waals surface area contributed by atoms with E-state index in [1.54, 1.807) is 11.3 Å². The van der Waals surface area contributed by atoms with Crippen LogP contribution in [0, 0.1) is 0 Å². The Hall–Kier alpha value is -1.32. The maximum absolute atomic E-state index is 12.0. The first-order valence-electron chi connectivity index (χ1n) is 6.29. The first kappa shape index (κ1) is 14.1. The molecule has 1 heterocycles. The summed E-state index contributed by atoms with van der Waals surface area (Å²) in [6.45, 7) is 2.59. The fourth-order valence-corrected chi connectivity index (χ4v) is 2.97. The van der Waals surface area contributed by atoms with Gasteiger partial charge in [-0.05, 0) is 24.1 Å². The summed E-state index contributed by atoms with van der Waals surface area (Å²) >= 11 is 7.69. The molecule has 0 bridgehead atoms. The minimum Gasteiger partial charge on any atom is -0.348 e. The molecular weight excluding hydrogens is 278 g/mol. The highest BCUT2D eigenvalue weighted by atomic mass is 35.5. The van der Waals surface area contributed by atoms with Crippen molar-refractivity contribution in [1.29, 1.82) is 0 Å². The topological polar surface area (TPSA) is 29.1 Å². The van der Waals surface area contributed by atoms with Crippen LogP contribution < -0.4 is 5.32 Å². The van der Waals surface area contributed by atoms with E-state index < -0.39 is 0 Å². The SMILES string of the molecule is CCCc1cc(C(=O)NCc2ccccc2Cl)cs1. The number of carbonyl (C=O) groups is 1. The minimum atomic E-state index is -0.0430. The lowest BCUT2D eigenvalue weighted by atomic mass is 10.2. The van der Waals surface area contributed by atoms with Crippen molar-refractivity contribution >= 4 is 28.8 Å². The van der Waals surface area contributed by atoms with Gasteiger partial charge >= 0.3 is 0 Å². The van der Waals surface area contributed by atoms with Gasteiger partial charge in [-0.3, -0.25) is 4.79 Å². The number of thiophene rings is 1. The van der Waals surface area contributed by atoms with Crippen LogP contribution in [0.15, 0.2) is 35.7 Å². The molecular formula is C15H16ClNOS. The molecule has 2 aromatic rings. The molecule has 0 aliphatic rings. The average molecular weight is 294 g/mol. The molecule has 2 rings (SSSR count). The smallest absolute Gasteiger partial charge is 0.252 e. The lowest BCUT2D eigenvalue weighted by Gasteiger charge is -2.05. The summed E-state index contributed by atoms with van der Waals surface area (Å²) in [5, 5.41) is 5.48. The number of aryl methyl sites for hydroxylation is 1. The van der Waals surface area contributed by atoms with Gasteiger partial charge in [0.05, 0.1) is 5.56 Å². The molecule has 0 aliphatic carbocycles. The molecule has 1 aromatic heterocycles. The summed E-state index contributed by atoms with van der Waals surface area (Å²) in [7, 11) is 0. The Morgan fingerprint density at radius 1 is 1.37 bits per heavy atom. The third kappa shape index (κ3) is 3.82.